The van der Waals surface area contributed by atoms with Gasteiger partial charge in [-0.1, -0.05) is 26.7 Å². The molecule has 0 aromatic rings. The van der Waals surface area contributed by atoms with Crippen molar-refractivity contribution in [1.29, 1.82) is 0 Å². The van der Waals surface area contributed by atoms with Crippen molar-refractivity contribution in [2.24, 2.45) is 5.41 Å². The molecule has 1 aliphatic heterocycles. The predicted octanol–water partition coefficient (Wildman–Crippen LogP) is 1.70. The Morgan fingerprint density at radius 2 is 1.84 bits per heavy atom. The van der Waals surface area contributed by atoms with Crippen molar-refractivity contribution in [2.75, 3.05) is 0 Å². The topological polar surface area (TPSA) is 75.6 Å². The van der Waals surface area contributed by atoms with Crippen LogP contribution in [0.15, 0.2) is 0 Å². The first-order valence-corrected chi connectivity index (χ1v) is 7.09. The lowest BCUT2D eigenvalue weighted by Crippen LogP contribution is -2.50. The molecule has 1 heterocycles. The molecule has 0 spiro atoms. The third-order valence-corrected chi connectivity index (χ3v) is 4.41. The van der Waals surface area contributed by atoms with Crippen LogP contribution in [0.25, 0.3) is 0 Å². The quantitative estimate of drug-likeness (QED) is 0.817. The van der Waals surface area contributed by atoms with Crippen molar-refractivity contribution in [1.82, 2.24) is 5.32 Å². The minimum absolute atomic E-state index is 0.110. The second-order valence-corrected chi connectivity index (χ2v) is 6.32. The predicted molar refractivity (Wildman–Crippen MR) is 69.7 cm³/mol. The van der Waals surface area contributed by atoms with Crippen LogP contribution in [-0.2, 0) is 14.3 Å². The van der Waals surface area contributed by atoms with Crippen LogP contribution in [0.1, 0.15) is 52.4 Å². The van der Waals surface area contributed by atoms with Crippen molar-refractivity contribution < 1.29 is 19.4 Å². The van der Waals surface area contributed by atoms with Crippen LogP contribution in [0.5, 0.6) is 0 Å². The molecule has 2 rings (SSSR count). The molecule has 1 unspecified atom stereocenters. The highest BCUT2D eigenvalue weighted by molar-refractivity contribution is 5.82. The van der Waals surface area contributed by atoms with Gasteiger partial charge in [-0.15, -0.1) is 0 Å². The zero-order valence-corrected chi connectivity index (χ0v) is 11.6. The van der Waals surface area contributed by atoms with Crippen LogP contribution in [-0.4, -0.2) is 35.2 Å². The highest BCUT2D eigenvalue weighted by atomic mass is 16.5. The van der Waals surface area contributed by atoms with Gasteiger partial charge in [0.25, 0.3) is 0 Å². The number of aliphatic carboxylic acids is 1. The SMILES string of the molecule is CC1(C)CCCCC1NC(=O)[C@@H]1CC[C@H](C(=O)O)O1. The number of carbonyl (C=O) groups excluding carboxylic acids is 1. The Bertz CT molecular complexity index is 366. The zero-order chi connectivity index (χ0) is 14.0. The lowest BCUT2D eigenvalue weighted by Gasteiger charge is -2.39. The molecular formula is C14H23NO4. The Morgan fingerprint density at radius 1 is 1.16 bits per heavy atom. The van der Waals surface area contributed by atoms with E-state index in [-0.39, 0.29) is 17.4 Å². The van der Waals surface area contributed by atoms with Gasteiger partial charge in [0.2, 0.25) is 5.91 Å². The lowest BCUT2D eigenvalue weighted by molar-refractivity contribution is -0.152. The molecule has 0 aromatic heterocycles. The zero-order valence-electron chi connectivity index (χ0n) is 11.6. The molecular weight excluding hydrogens is 246 g/mol. The molecule has 2 fully saturated rings. The summed E-state index contributed by atoms with van der Waals surface area (Å²) in [5.41, 5.74) is 0.110. The maximum atomic E-state index is 12.1. The number of nitrogens with one attached hydrogen (secondary N) is 1. The van der Waals surface area contributed by atoms with Crippen molar-refractivity contribution in [3.8, 4) is 0 Å². The number of carboxylic acid groups (broad SMARTS) is 1. The van der Waals surface area contributed by atoms with E-state index in [0.717, 1.165) is 19.3 Å². The molecule has 0 radical (unpaired) electrons. The number of carbonyl (C=O) groups is 2. The average molecular weight is 269 g/mol. The van der Waals surface area contributed by atoms with E-state index in [0.29, 0.717) is 12.8 Å². The maximum absolute atomic E-state index is 12.1. The van der Waals surface area contributed by atoms with Gasteiger partial charge in [-0.3, -0.25) is 4.79 Å². The molecule has 1 saturated heterocycles. The van der Waals surface area contributed by atoms with Crippen LogP contribution < -0.4 is 5.32 Å². The summed E-state index contributed by atoms with van der Waals surface area (Å²) in [6.07, 6.45) is 3.94. The minimum Gasteiger partial charge on any atom is -0.479 e. The van der Waals surface area contributed by atoms with Gasteiger partial charge < -0.3 is 15.2 Å². The van der Waals surface area contributed by atoms with Crippen LogP contribution in [0, 0.1) is 5.41 Å². The average Bonchev–Trinajstić information content (AvgIpc) is 2.81. The smallest absolute Gasteiger partial charge is 0.332 e. The first kappa shape index (κ1) is 14.3. The molecule has 1 saturated carbocycles. The minimum atomic E-state index is -0.978. The highest BCUT2D eigenvalue weighted by Crippen LogP contribution is 2.35. The van der Waals surface area contributed by atoms with Crippen LogP contribution in [0.3, 0.4) is 0 Å². The molecule has 2 N–H and O–H groups in total. The van der Waals surface area contributed by atoms with E-state index in [1.54, 1.807) is 0 Å². The number of hydrogen-bond acceptors (Lipinski definition) is 3. The Morgan fingerprint density at radius 3 is 2.42 bits per heavy atom. The van der Waals surface area contributed by atoms with Crippen molar-refractivity contribution >= 4 is 11.9 Å². The number of ether oxygens (including phenoxy) is 1. The Balaban J connectivity index is 1.89. The number of hydrogen-bond donors (Lipinski definition) is 2. The fraction of sp³-hybridized carbons (Fsp3) is 0.857. The van der Waals surface area contributed by atoms with Crippen molar-refractivity contribution in [3.05, 3.63) is 0 Å². The second kappa shape index (κ2) is 5.49. The van der Waals surface area contributed by atoms with E-state index < -0.39 is 18.2 Å². The van der Waals surface area contributed by atoms with Gasteiger partial charge in [-0.05, 0) is 31.1 Å². The van der Waals surface area contributed by atoms with Crippen molar-refractivity contribution in [2.45, 2.75) is 70.6 Å². The summed E-state index contributed by atoms with van der Waals surface area (Å²) in [5, 5.41) is 11.9. The highest BCUT2D eigenvalue weighted by Gasteiger charge is 2.38. The van der Waals surface area contributed by atoms with E-state index >= 15 is 0 Å². The molecule has 5 nitrogen and oxygen atoms in total. The summed E-state index contributed by atoms with van der Waals surface area (Å²) in [6.45, 7) is 4.35. The fourth-order valence-electron chi connectivity index (χ4n) is 3.04. The van der Waals surface area contributed by atoms with Crippen LogP contribution in [0.4, 0.5) is 0 Å². The van der Waals surface area contributed by atoms with Gasteiger partial charge in [0, 0.05) is 6.04 Å². The van der Waals surface area contributed by atoms with Gasteiger partial charge in [-0.2, -0.15) is 0 Å². The summed E-state index contributed by atoms with van der Waals surface area (Å²) in [5.74, 6) is -1.13. The fourth-order valence-corrected chi connectivity index (χ4v) is 3.04. The van der Waals surface area contributed by atoms with Gasteiger partial charge in [0.15, 0.2) is 6.10 Å². The lowest BCUT2D eigenvalue weighted by atomic mass is 9.73. The standard InChI is InChI=1S/C14H23NO4/c1-14(2)8-4-3-5-11(14)15-12(16)9-6-7-10(19-9)13(17)18/h9-11H,3-8H2,1-2H3,(H,15,16)(H,17,18)/t9-,10+,11?/m0/s1. The summed E-state index contributed by atoms with van der Waals surface area (Å²) in [6, 6.07) is 0.168. The molecule has 1 aliphatic carbocycles. The number of amides is 1. The van der Waals surface area contributed by atoms with Gasteiger partial charge in [0.1, 0.15) is 6.10 Å². The van der Waals surface area contributed by atoms with Gasteiger partial charge >= 0.3 is 5.97 Å². The molecule has 0 aromatic carbocycles. The Labute approximate surface area is 113 Å². The Hall–Kier alpha value is -1.10. The molecule has 3 atom stereocenters. The van der Waals surface area contributed by atoms with Gasteiger partial charge in [0.05, 0.1) is 0 Å². The molecule has 19 heavy (non-hydrogen) atoms. The Kier molecular flexibility index (Phi) is 4.13. The molecule has 1 amide bonds. The molecule has 2 aliphatic rings. The maximum Gasteiger partial charge on any atom is 0.332 e. The molecule has 108 valence electrons. The van der Waals surface area contributed by atoms with Gasteiger partial charge in [-0.25, -0.2) is 4.79 Å². The van der Waals surface area contributed by atoms with E-state index in [1.165, 1.54) is 6.42 Å². The summed E-state index contributed by atoms with van der Waals surface area (Å²) in [4.78, 5) is 22.9. The number of carboxylic acids is 1. The first-order valence-electron chi connectivity index (χ1n) is 7.09. The molecule has 0 bridgehead atoms. The third kappa shape index (κ3) is 3.26. The van der Waals surface area contributed by atoms with Crippen LogP contribution >= 0.6 is 0 Å². The van der Waals surface area contributed by atoms with Crippen molar-refractivity contribution in [3.63, 3.8) is 0 Å². The van der Waals surface area contributed by atoms with E-state index in [4.69, 9.17) is 9.84 Å². The van der Waals surface area contributed by atoms with E-state index in [1.807, 2.05) is 0 Å². The summed E-state index contributed by atoms with van der Waals surface area (Å²) >= 11 is 0. The monoisotopic (exact) mass is 269 g/mol. The normalized spacial score (nSPS) is 33.9. The largest absolute Gasteiger partial charge is 0.479 e. The molecule has 5 heteroatoms. The van der Waals surface area contributed by atoms with Crippen LogP contribution in [0.2, 0.25) is 0 Å². The van der Waals surface area contributed by atoms with E-state index in [9.17, 15) is 9.59 Å². The summed E-state index contributed by atoms with van der Waals surface area (Å²) < 4.78 is 5.28. The second-order valence-electron chi connectivity index (χ2n) is 6.32. The summed E-state index contributed by atoms with van der Waals surface area (Å²) in [7, 11) is 0. The third-order valence-electron chi connectivity index (χ3n) is 4.41. The first-order chi connectivity index (χ1) is 8.90. The van der Waals surface area contributed by atoms with E-state index in [2.05, 4.69) is 19.2 Å². The number of rotatable bonds is 3.